The second kappa shape index (κ2) is 4.73. The lowest BCUT2D eigenvalue weighted by Gasteiger charge is -2.12. The van der Waals surface area contributed by atoms with Crippen molar-refractivity contribution >= 4 is 27.3 Å². The summed E-state index contributed by atoms with van der Waals surface area (Å²) in [5.74, 6) is 0.0946. The van der Waals surface area contributed by atoms with Gasteiger partial charge >= 0.3 is 6.18 Å². The number of nitrogen functional groups attached to an aromatic ring is 1. The quantitative estimate of drug-likeness (QED) is 0.722. The molecule has 0 bridgehead atoms. The van der Waals surface area contributed by atoms with Gasteiger partial charge in [0.15, 0.2) is 11.5 Å². The third kappa shape index (κ3) is 2.46. The van der Waals surface area contributed by atoms with Crippen molar-refractivity contribution in [2.45, 2.75) is 6.18 Å². The third-order valence-corrected chi connectivity index (χ3v) is 3.45. The molecular formula is C13H8BrF3N4. The molecule has 8 heteroatoms. The Morgan fingerprint density at radius 1 is 1.10 bits per heavy atom. The molecule has 0 amide bonds. The summed E-state index contributed by atoms with van der Waals surface area (Å²) < 4.78 is 41.4. The van der Waals surface area contributed by atoms with E-state index in [1.54, 1.807) is 12.1 Å². The average molecular weight is 357 g/mol. The predicted molar refractivity (Wildman–Crippen MR) is 75.5 cm³/mol. The number of rotatable bonds is 1. The second-order valence-corrected chi connectivity index (χ2v) is 5.32. The third-order valence-electron chi connectivity index (χ3n) is 2.95. The molecule has 0 aliphatic heterocycles. The van der Waals surface area contributed by atoms with Crippen LogP contribution in [0.4, 0.5) is 18.9 Å². The maximum Gasteiger partial charge on any atom is 0.417 e. The van der Waals surface area contributed by atoms with Crippen LogP contribution in [0.25, 0.3) is 17.0 Å². The van der Waals surface area contributed by atoms with Gasteiger partial charge in [0, 0.05) is 21.9 Å². The van der Waals surface area contributed by atoms with E-state index in [1.165, 1.54) is 22.7 Å². The average Bonchev–Trinajstić information content (AvgIpc) is 2.80. The van der Waals surface area contributed by atoms with Gasteiger partial charge in [0.2, 0.25) is 0 Å². The van der Waals surface area contributed by atoms with Gasteiger partial charge in [0.25, 0.3) is 0 Å². The van der Waals surface area contributed by atoms with Gasteiger partial charge in [0.05, 0.1) is 5.56 Å². The number of fused-ring (bicyclic) bond motifs is 1. The van der Waals surface area contributed by atoms with E-state index in [0.717, 1.165) is 6.07 Å². The van der Waals surface area contributed by atoms with Gasteiger partial charge in [-0.25, -0.2) is 0 Å². The first kappa shape index (κ1) is 13.9. The number of nitrogens with two attached hydrogens (primary N) is 1. The minimum atomic E-state index is -4.49. The summed E-state index contributed by atoms with van der Waals surface area (Å²) in [6.45, 7) is 0. The van der Waals surface area contributed by atoms with Crippen molar-refractivity contribution in [1.29, 1.82) is 0 Å². The molecule has 4 nitrogen and oxygen atoms in total. The SMILES string of the molecule is Nc1ccc2nnc(-c3ccc(Br)cc3C(F)(F)F)n2c1. The summed E-state index contributed by atoms with van der Waals surface area (Å²) in [4.78, 5) is 0. The van der Waals surface area contributed by atoms with Crippen LogP contribution in [-0.4, -0.2) is 14.6 Å². The lowest BCUT2D eigenvalue weighted by atomic mass is 10.1. The summed E-state index contributed by atoms with van der Waals surface area (Å²) in [6.07, 6.45) is -3.00. The highest BCUT2D eigenvalue weighted by Crippen LogP contribution is 2.38. The Labute approximate surface area is 125 Å². The van der Waals surface area contributed by atoms with Crippen LogP contribution >= 0.6 is 15.9 Å². The van der Waals surface area contributed by atoms with Gasteiger partial charge in [-0.1, -0.05) is 15.9 Å². The van der Waals surface area contributed by atoms with E-state index in [9.17, 15) is 13.2 Å². The lowest BCUT2D eigenvalue weighted by Crippen LogP contribution is -2.08. The fourth-order valence-corrected chi connectivity index (χ4v) is 2.40. The van der Waals surface area contributed by atoms with Gasteiger partial charge < -0.3 is 5.73 Å². The van der Waals surface area contributed by atoms with E-state index in [-0.39, 0.29) is 11.4 Å². The monoisotopic (exact) mass is 356 g/mol. The van der Waals surface area contributed by atoms with E-state index in [0.29, 0.717) is 15.8 Å². The van der Waals surface area contributed by atoms with E-state index < -0.39 is 11.7 Å². The summed E-state index contributed by atoms with van der Waals surface area (Å²) in [7, 11) is 0. The number of halogens is 4. The Hall–Kier alpha value is -2.09. The molecule has 0 spiro atoms. The van der Waals surface area contributed by atoms with Crippen molar-refractivity contribution in [2.75, 3.05) is 5.73 Å². The minimum Gasteiger partial charge on any atom is -0.398 e. The van der Waals surface area contributed by atoms with Crippen LogP contribution in [0.5, 0.6) is 0 Å². The topological polar surface area (TPSA) is 56.2 Å². The number of anilines is 1. The molecule has 0 radical (unpaired) electrons. The van der Waals surface area contributed by atoms with Crippen LogP contribution in [-0.2, 0) is 6.18 Å². The van der Waals surface area contributed by atoms with Crippen LogP contribution < -0.4 is 5.73 Å². The molecule has 0 aliphatic rings. The molecule has 0 unspecified atom stereocenters. The molecule has 0 saturated carbocycles. The number of alkyl halides is 3. The first-order valence-corrected chi connectivity index (χ1v) is 6.63. The Morgan fingerprint density at radius 3 is 2.57 bits per heavy atom. The highest BCUT2D eigenvalue weighted by molar-refractivity contribution is 9.10. The zero-order chi connectivity index (χ0) is 15.2. The number of benzene rings is 1. The van der Waals surface area contributed by atoms with Crippen molar-refractivity contribution in [3.8, 4) is 11.4 Å². The van der Waals surface area contributed by atoms with E-state index in [2.05, 4.69) is 26.1 Å². The number of aromatic nitrogens is 3. The summed E-state index contributed by atoms with van der Waals surface area (Å²) >= 11 is 3.05. The van der Waals surface area contributed by atoms with Gasteiger partial charge in [-0.05, 0) is 30.3 Å². The molecule has 0 aliphatic carbocycles. The molecule has 3 rings (SSSR count). The normalized spacial score (nSPS) is 12.0. The molecule has 3 aromatic rings. The molecule has 2 heterocycles. The minimum absolute atomic E-state index is 0.0520. The van der Waals surface area contributed by atoms with Gasteiger partial charge in [-0.2, -0.15) is 13.2 Å². The highest BCUT2D eigenvalue weighted by Gasteiger charge is 2.35. The van der Waals surface area contributed by atoms with Crippen LogP contribution in [0.15, 0.2) is 41.0 Å². The summed E-state index contributed by atoms with van der Waals surface area (Å²) in [6, 6.07) is 7.10. The van der Waals surface area contributed by atoms with E-state index in [4.69, 9.17) is 5.73 Å². The van der Waals surface area contributed by atoms with Crippen molar-refractivity contribution in [1.82, 2.24) is 14.6 Å². The molecule has 1 aromatic carbocycles. The Balaban J connectivity index is 2.30. The van der Waals surface area contributed by atoms with Gasteiger partial charge in [0.1, 0.15) is 0 Å². The zero-order valence-electron chi connectivity index (χ0n) is 10.4. The Morgan fingerprint density at radius 2 is 1.86 bits per heavy atom. The molecule has 108 valence electrons. The van der Waals surface area contributed by atoms with Crippen molar-refractivity contribution in [3.63, 3.8) is 0 Å². The van der Waals surface area contributed by atoms with Crippen LogP contribution in [0.2, 0.25) is 0 Å². The zero-order valence-corrected chi connectivity index (χ0v) is 12.0. The number of pyridine rings is 1. The second-order valence-electron chi connectivity index (χ2n) is 4.40. The first-order chi connectivity index (χ1) is 9.86. The lowest BCUT2D eigenvalue weighted by molar-refractivity contribution is -0.137. The van der Waals surface area contributed by atoms with Crippen molar-refractivity contribution in [2.24, 2.45) is 0 Å². The number of hydrogen-bond donors (Lipinski definition) is 1. The number of hydrogen-bond acceptors (Lipinski definition) is 3. The molecule has 0 saturated heterocycles. The molecule has 0 fully saturated rings. The molecule has 0 atom stereocenters. The Bertz CT molecular complexity index is 826. The standard InChI is InChI=1S/C13H8BrF3N4/c14-7-1-3-9(10(5-7)13(15,16)17)12-20-19-11-4-2-8(18)6-21(11)12/h1-6H,18H2. The fourth-order valence-electron chi connectivity index (χ4n) is 2.04. The van der Waals surface area contributed by atoms with Crippen LogP contribution in [0.3, 0.4) is 0 Å². The maximum absolute atomic E-state index is 13.2. The van der Waals surface area contributed by atoms with E-state index in [1.807, 2.05) is 0 Å². The molecule has 2 N–H and O–H groups in total. The van der Waals surface area contributed by atoms with Crippen LogP contribution in [0, 0.1) is 0 Å². The van der Waals surface area contributed by atoms with E-state index >= 15 is 0 Å². The molecule has 2 aromatic heterocycles. The van der Waals surface area contributed by atoms with Crippen molar-refractivity contribution in [3.05, 3.63) is 46.6 Å². The van der Waals surface area contributed by atoms with Crippen LogP contribution in [0.1, 0.15) is 5.56 Å². The summed E-state index contributed by atoms with van der Waals surface area (Å²) in [5, 5.41) is 7.71. The molecular weight excluding hydrogens is 349 g/mol. The smallest absolute Gasteiger partial charge is 0.398 e. The molecule has 21 heavy (non-hydrogen) atoms. The summed E-state index contributed by atoms with van der Waals surface area (Å²) in [5.41, 5.74) is 5.67. The van der Waals surface area contributed by atoms with Gasteiger partial charge in [-0.3, -0.25) is 4.40 Å². The largest absolute Gasteiger partial charge is 0.417 e. The Kier molecular flexibility index (Phi) is 3.12. The first-order valence-electron chi connectivity index (χ1n) is 5.83. The highest BCUT2D eigenvalue weighted by atomic mass is 79.9. The fraction of sp³-hybridized carbons (Fsp3) is 0.0769. The maximum atomic E-state index is 13.2. The van der Waals surface area contributed by atoms with Crippen molar-refractivity contribution < 1.29 is 13.2 Å². The predicted octanol–water partition coefficient (Wildman–Crippen LogP) is 3.76. The number of nitrogens with zero attached hydrogens (tertiary/aromatic N) is 3. The van der Waals surface area contributed by atoms with Gasteiger partial charge in [-0.15, -0.1) is 10.2 Å².